The van der Waals surface area contributed by atoms with Crippen molar-refractivity contribution >= 4 is 40.7 Å². The zero-order chi connectivity index (χ0) is 18.4. The number of nitrogens with zero attached hydrogens (tertiary/aromatic N) is 1. The molecular weight excluding hydrogens is 361 g/mol. The van der Waals surface area contributed by atoms with Crippen LogP contribution in [0, 0.1) is 0 Å². The van der Waals surface area contributed by atoms with E-state index >= 15 is 0 Å². The molecule has 0 unspecified atom stereocenters. The molecule has 2 amide bonds. The topological polar surface area (TPSA) is 61.4 Å². The van der Waals surface area contributed by atoms with Crippen molar-refractivity contribution in [2.75, 3.05) is 26.0 Å². The molecule has 0 aliphatic carbocycles. The highest BCUT2D eigenvalue weighted by molar-refractivity contribution is 6.42. The van der Waals surface area contributed by atoms with Gasteiger partial charge in [-0.25, -0.2) is 0 Å². The summed E-state index contributed by atoms with van der Waals surface area (Å²) in [4.78, 5) is 25.8. The molecule has 5 nitrogen and oxygen atoms in total. The van der Waals surface area contributed by atoms with Crippen LogP contribution in [-0.4, -0.2) is 37.4 Å². The Hall–Kier alpha value is -2.08. The third-order valence-corrected chi connectivity index (χ3v) is 4.04. The van der Waals surface area contributed by atoms with E-state index < -0.39 is 0 Å². The standard InChI is InChI=1S/C18H19Cl2N3O2/c1-23(2)11-17(24)22-14-5-3-4-12(8-14)10-21-18(25)13-6-7-15(19)16(20)9-13/h3-9H,10-11H2,1-2H3,(H,21,25)(H,22,24). The van der Waals surface area contributed by atoms with Crippen LogP contribution in [0.1, 0.15) is 15.9 Å². The normalized spacial score (nSPS) is 10.6. The van der Waals surface area contributed by atoms with Crippen molar-refractivity contribution in [3.8, 4) is 0 Å². The summed E-state index contributed by atoms with van der Waals surface area (Å²) in [5.41, 5.74) is 1.99. The number of carbonyl (C=O) groups excluding carboxylic acids is 2. The van der Waals surface area contributed by atoms with Gasteiger partial charge in [0.05, 0.1) is 16.6 Å². The molecule has 0 spiro atoms. The average molecular weight is 380 g/mol. The van der Waals surface area contributed by atoms with Gasteiger partial charge >= 0.3 is 0 Å². The molecule has 0 saturated carbocycles. The fourth-order valence-corrected chi connectivity index (χ4v) is 2.47. The number of carbonyl (C=O) groups is 2. The molecule has 0 atom stereocenters. The molecule has 0 fully saturated rings. The molecule has 2 aromatic rings. The number of amides is 2. The Kier molecular flexibility index (Phi) is 6.82. The fourth-order valence-electron chi connectivity index (χ4n) is 2.17. The van der Waals surface area contributed by atoms with E-state index in [0.29, 0.717) is 34.4 Å². The van der Waals surface area contributed by atoms with E-state index in [-0.39, 0.29) is 11.8 Å². The molecule has 0 aliphatic rings. The van der Waals surface area contributed by atoms with Gasteiger partial charge in [-0.15, -0.1) is 0 Å². The summed E-state index contributed by atoms with van der Waals surface area (Å²) in [5.74, 6) is -0.345. The van der Waals surface area contributed by atoms with Gasteiger partial charge in [0, 0.05) is 17.8 Å². The van der Waals surface area contributed by atoms with Crippen LogP contribution in [0.2, 0.25) is 10.0 Å². The van der Waals surface area contributed by atoms with Crippen molar-refractivity contribution in [2.24, 2.45) is 0 Å². The number of likely N-dealkylation sites (N-methyl/N-ethyl adjacent to an activating group) is 1. The first kappa shape index (κ1) is 19.2. The van der Waals surface area contributed by atoms with Gasteiger partial charge in [-0.05, 0) is 50.0 Å². The van der Waals surface area contributed by atoms with E-state index in [1.807, 2.05) is 32.3 Å². The zero-order valence-electron chi connectivity index (χ0n) is 14.0. The second kappa shape index (κ2) is 8.85. The van der Waals surface area contributed by atoms with Crippen LogP contribution in [-0.2, 0) is 11.3 Å². The van der Waals surface area contributed by atoms with E-state index in [9.17, 15) is 9.59 Å². The van der Waals surface area contributed by atoms with Crippen LogP contribution in [0.3, 0.4) is 0 Å². The maximum absolute atomic E-state index is 12.2. The summed E-state index contributed by atoms with van der Waals surface area (Å²) < 4.78 is 0. The molecule has 2 aromatic carbocycles. The van der Waals surface area contributed by atoms with Gasteiger partial charge in [-0.3, -0.25) is 9.59 Å². The molecular formula is C18H19Cl2N3O2. The van der Waals surface area contributed by atoms with Gasteiger partial charge in [0.1, 0.15) is 0 Å². The summed E-state index contributed by atoms with van der Waals surface area (Å²) in [6.07, 6.45) is 0. The summed E-state index contributed by atoms with van der Waals surface area (Å²) in [6, 6.07) is 12.0. The number of nitrogens with one attached hydrogen (secondary N) is 2. The van der Waals surface area contributed by atoms with Gasteiger partial charge in [0.25, 0.3) is 5.91 Å². The summed E-state index contributed by atoms with van der Waals surface area (Å²) in [6.45, 7) is 0.634. The highest BCUT2D eigenvalue weighted by Gasteiger charge is 2.09. The monoisotopic (exact) mass is 379 g/mol. The van der Waals surface area contributed by atoms with Crippen LogP contribution >= 0.6 is 23.2 Å². The smallest absolute Gasteiger partial charge is 0.251 e. The predicted octanol–water partition coefficient (Wildman–Crippen LogP) is 3.42. The second-order valence-corrected chi connectivity index (χ2v) is 6.61. The number of benzene rings is 2. The number of halogens is 2. The Bertz CT molecular complexity index is 779. The molecule has 0 saturated heterocycles. The first-order chi connectivity index (χ1) is 11.8. The lowest BCUT2D eigenvalue weighted by molar-refractivity contribution is -0.116. The molecule has 0 aliphatic heterocycles. The predicted molar refractivity (Wildman–Crippen MR) is 101 cm³/mol. The minimum atomic E-state index is -0.249. The van der Waals surface area contributed by atoms with Gasteiger partial charge in [-0.2, -0.15) is 0 Å². The molecule has 2 rings (SSSR count). The lowest BCUT2D eigenvalue weighted by atomic mass is 10.1. The minimum absolute atomic E-state index is 0.0954. The first-order valence-electron chi connectivity index (χ1n) is 7.62. The fraction of sp³-hybridized carbons (Fsp3) is 0.222. The zero-order valence-corrected chi connectivity index (χ0v) is 15.5. The van der Waals surface area contributed by atoms with E-state index in [2.05, 4.69) is 10.6 Å². The highest BCUT2D eigenvalue weighted by Crippen LogP contribution is 2.22. The van der Waals surface area contributed by atoms with Gasteiger partial charge in [0.2, 0.25) is 5.91 Å². The van der Waals surface area contributed by atoms with Crippen molar-refractivity contribution in [1.82, 2.24) is 10.2 Å². The summed E-state index contributed by atoms with van der Waals surface area (Å²) >= 11 is 11.8. The Balaban J connectivity index is 1.96. The van der Waals surface area contributed by atoms with E-state index in [1.165, 1.54) is 6.07 Å². The van der Waals surface area contributed by atoms with E-state index in [0.717, 1.165) is 5.56 Å². The number of hydrogen-bond acceptors (Lipinski definition) is 3. The van der Waals surface area contributed by atoms with Crippen LogP contribution in [0.25, 0.3) is 0 Å². The first-order valence-corrected chi connectivity index (χ1v) is 8.37. The van der Waals surface area contributed by atoms with Gasteiger partial charge < -0.3 is 15.5 Å². The van der Waals surface area contributed by atoms with Crippen LogP contribution in [0.15, 0.2) is 42.5 Å². The molecule has 0 aromatic heterocycles. The number of rotatable bonds is 6. The molecule has 7 heteroatoms. The van der Waals surface area contributed by atoms with Gasteiger partial charge in [0.15, 0.2) is 0 Å². The van der Waals surface area contributed by atoms with Crippen molar-refractivity contribution < 1.29 is 9.59 Å². The quantitative estimate of drug-likeness (QED) is 0.807. The Labute approximate surface area is 156 Å². The molecule has 0 radical (unpaired) electrons. The van der Waals surface area contributed by atoms with Gasteiger partial charge in [-0.1, -0.05) is 35.3 Å². The third-order valence-electron chi connectivity index (χ3n) is 3.31. The number of anilines is 1. The van der Waals surface area contributed by atoms with Crippen LogP contribution < -0.4 is 10.6 Å². The Morgan fingerprint density at radius 1 is 1.04 bits per heavy atom. The Morgan fingerprint density at radius 3 is 2.48 bits per heavy atom. The average Bonchev–Trinajstić information content (AvgIpc) is 2.54. The molecule has 2 N–H and O–H groups in total. The highest BCUT2D eigenvalue weighted by atomic mass is 35.5. The largest absolute Gasteiger partial charge is 0.348 e. The van der Waals surface area contributed by atoms with Crippen LogP contribution in [0.4, 0.5) is 5.69 Å². The van der Waals surface area contributed by atoms with Crippen LogP contribution in [0.5, 0.6) is 0 Å². The van der Waals surface area contributed by atoms with E-state index in [4.69, 9.17) is 23.2 Å². The third kappa shape index (κ3) is 6.05. The maximum atomic E-state index is 12.2. The van der Waals surface area contributed by atoms with Crippen molar-refractivity contribution in [2.45, 2.75) is 6.54 Å². The molecule has 0 heterocycles. The molecule has 25 heavy (non-hydrogen) atoms. The number of hydrogen-bond donors (Lipinski definition) is 2. The second-order valence-electron chi connectivity index (χ2n) is 5.80. The lowest BCUT2D eigenvalue weighted by Gasteiger charge is -2.11. The van der Waals surface area contributed by atoms with Crippen molar-refractivity contribution in [3.63, 3.8) is 0 Å². The van der Waals surface area contributed by atoms with Crippen molar-refractivity contribution in [1.29, 1.82) is 0 Å². The minimum Gasteiger partial charge on any atom is -0.348 e. The SMILES string of the molecule is CN(C)CC(=O)Nc1cccc(CNC(=O)c2ccc(Cl)c(Cl)c2)c1. The van der Waals surface area contributed by atoms with E-state index in [1.54, 1.807) is 23.1 Å². The molecule has 132 valence electrons. The lowest BCUT2D eigenvalue weighted by Crippen LogP contribution is -2.27. The maximum Gasteiger partial charge on any atom is 0.251 e. The Morgan fingerprint density at radius 2 is 1.80 bits per heavy atom. The van der Waals surface area contributed by atoms with Crippen molar-refractivity contribution in [3.05, 3.63) is 63.6 Å². The summed E-state index contributed by atoms with van der Waals surface area (Å²) in [7, 11) is 3.66. The summed E-state index contributed by atoms with van der Waals surface area (Å²) in [5, 5.41) is 6.37. The molecule has 0 bridgehead atoms.